The van der Waals surface area contributed by atoms with Crippen LogP contribution in [-0.2, 0) is 0 Å². The van der Waals surface area contributed by atoms with Gasteiger partial charge in [0.15, 0.2) is 0 Å². The van der Waals surface area contributed by atoms with Crippen molar-refractivity contribution in [2.24, 2.45) is 0 Å². The highest BCUT2D eigenvalue weighted by atomic mass is 16.3. The molecule has 0 aliphatic rings. The van der Waals surface area contributed by atoms with Crippen LogP contribution in [0.2, 0.25) is 0 Å². The minimum absolute atomic E-state index is 0.893. The summed E-state index contributed by atoms with van der Waals surface area (Å²) in [5.74, 6) is 0. The third-order valence-corrected chi connectivity index (χ3v) is 11.7. The number of hydrogen-bond acceptors (Lipinski definition) is 2. The van der Waals surface area contributed by atoms with E-state index in [9.17, 15) is 0 Å². The molecule has 0 radical (unpaired) electrons. The van der Waals surface area contributed by atoms with Crippen LogP contribution in [0.25, 0.3) is 88.3 Å². The Balaban J connectivity index is 0.960. The molecule has 282 valence electrons. The number of hydrogen-bond donors (Lipinski definition) is 0. The second-order valence-corrected chi connectivity index (χ2v) is 15.3. The Kier molecular flexibility index (Phi) is 8.87. The van der Waals surface area contributed by atoms with Crippen molar-refractivity contribution in [1.29, 1.82) is 0 Å². The van der Waals surface area contributed by atoms with Crippen molar-refractivity contribution in [3.05, 3.63) is 237 Å². The normalized spacial score (nSPS) is 11.3. The van der Waals surface area contributed by atoms with Gasteiger partial charge < -0.3 is 9.32 Å². The second kappa shape index (κ2) is 15.1. The summed E-state index contributed by atoms with van der Waals surface area (Å²) < 4.78 is 6.29. The van der Waals surface area contributed by atoms with Gasteiger partial charge in [-0.15, -0.1) is 0 Å². The van der Waals surface area contributed by atoms with Gasteiger partial charge in [0.05, 0.1) is 0 Å². The molecule has 10 aromatic carbocycles. The maximum absolute atomic E-state index is 6.29. The Labute approximate surface area is 349 Å². The SMILES string of the molecule is c1ccc(-c2ccc(-c3ccc(N(c4ccc(-c5ccc(-c6cccc7ccccc67)cc5)cc4)c4cccc(-c5cccc6oc7ccccc7c56)c4)cc3)cc2)cc1. The predicted octanol–water partition coefficient (Wildman–Crippen LogP) is 16.5. The summed E-state index contributed by atoms with van der Waals surface area (Å²) in [6.07, 6.45) is 0. The van der Waals surface area contributed by atoms with Crippen LogP contribution in [0.15, 0.2) is 241 Å². The van der Waals surface area contributed by atoms with Gasteiger partial charge in [-0.05, 0) is 115 Å². The number of anilines is 3. The average Bonchev–Trinajstić information content (AvgIpc) is 3.72. The lowest BCUT2D eigenvalue weighted by Gasteiger charge is -2.26. The van der Waals surface area contributed by atoms with Crippen molar-refractivity contribution in [3.8, 4) is 55.6 Å². The molecule has 1 heterocycles. The minimum atomic E-state index is 0.893. The number of para-hydroxylation sites is 1. The van der Waals surface area contributed by atoms with Crippen molar-refractivity contribution in [1.82, 2.24) is 0 Å². The van der Waals surface area contributed by atoms with Gasteiger partial charge in [0.2, 0.25) is 0 Å². The van der Waals surface area contributed by atoms with Crippen molar-refractivity contribution in [3.63, 3.8) is 0 Å². The van der Waals surface area contributed by atoms with Crippen molar-refractivity contribution < 1.29 is 4.42 Å². The minimum Gasteiger partial charge on any atom is -0.456 e. The molecule has 0 atom stereocenters. The number of fused-ring (bicyclic) bond motifs is 4. The van der Waals surface area contributed by atoms with Crippen LogP contribution in [0, 0.1) is 0 Å². The second-order valence-electron chi connectivity index (χ2n) is 15.3. The first-order valence-electron chi connectivity index (χ1n) is 20.5. The molecule has 0 saturated heterocycles. The molecule has 2 heteroatoms. The van der Waals surface area contributed by atoms with Gasteiger partial charge >= 0.3 is 0 Å². The van der Waals surface area contributed by atoms with Crippen LogP contribution in [0.5, 0.6) is 0 Å². The van der Waals surface area contributed by atoms with Gasteiger partial charge in [0, 0.05) is 27.8 Å². The first kappa shape index (κ1) is 35.2. The molecular formula is C58H39NO. The Hall–Kier alpha value is -7.94. The lowest BCUT2D eigenvalue weighted by Crippen LogP contribution is -2.10. The molecule has 0 fully saturated rings. The highest BCUT2D eigenvalue weighted by Crippen LogP contribution is 2.42. The Morgan fingerprint density at radius 1 is 0.267 bits per heavy atom. The monoisotopic (exact) mass is 765 g/mol. The van der Waals surface area contributed by atoms with E-state index in [0.717, 1.165) is 50.1 Å². The first-order chi connectivity index (χ1) is 29.7. The van der Waals surface area contributed by atoms with Gasteiger partial charge in [-0.25, -0.2) is 0 Å². The summed E-state index contributed by atoms with van der Waals surface area (Å²) in [6.45, 7) is 0. The van der Waals surface area contributed by atoms with Crippen LogP contribution in [0.3, 0.4) is 0 Å². The average molecular weight is 766 g/mol. The van der Waals surface area contributed by atoms with E-state index in [0.29, 0.717) is 0 Å². The first-order valence-corrected chi connectivity index (χ1v) is 20.5. The zero-order valence-electron chi connectivity index (χ0n) is 32.9. The summed E-state index contributed by atoms with van der Waals surface area (Å²) in [5.41, 5.74) is 16.9. The molecule has 0 bridgehead atoms. The number of furan rings is 1. The molecule has 0 saturated carbocycles. The van der Waals surface area contributed by atoms with Crippen LogP contribution in [0.1, 0.15) is 0 Å². The third kappa shape index (κ3) is 6.51. The van der Waals surface area contributed by atoms with E-state index in [1.165, 1.54) is 55.3 Å². The summed E-state index contributed by atoms with van der Waals surface area (Å²) in [6, 6.07) is 84.8. The Morgan fingerprint density at radius 2 is 0.717 bits per heavy atom. The van der Waals surface area contributed by atoms with E-state index in [-0.39, 0.29) is 0 Å². The topological polar surface area (TPSA) is 16.4 Å². The molecule has 0 unspecified atom stereocenters. The molecule has 0 spiro atoms. The van der Waals surface area contributed by atoms with Crippen molar-refractivity contribution >= 4 is 49.8 Å². The molecular weight excluding hydrogens is 727 g/mol. The molecule has 2 nitrogen and oxygen atoms in total. The Morgan fingerprint density at radius 3 is 1.38 bits per heavy atom. The molecule has 11 aromatic rings. The lowest BCUT2D eigenvalue weighted by molar-refractivity contribution is 0.669. The van der Waals surface area contributed by atoms with E-state index in [2.05, 4.69) is 229 Å². The standard InChI is InChI=1S/C58H39NO/c1-2-11-40(12-3-1)41-23-25-42(26-24-41)44-31-35-49(36-32-44)59(51-16-8-15-48(39-51)54-20-10-22-57-58(54)55-18-6-7-21-56(55)60-57)50-37-33-45(34-38-50)43-27-29-47(30-28-43)53-19-9-14-46-13-4-5-17-52(46)53/h1-39H. The third-order valence-electron chi connectivity index (χ3n) is 11.7. The van der Waals surface area contributed by atoms with Crippen molar-refractivity contribution in [2.75, 3.05) is 4.90 Å². The zero-order chi connectivity index (χ0) is 39.8. The fourth-order valence-electron chi connectivity index (χ4n) is 8.69. The van der Waals surface area contributed by atoms with Crippen LogP contribution in [-0.4, -0.2) is 0 Å². The molecule has 0 aliphatic carbocycles. The molecule has 60 heavy (non-hydrogen) atoms. The van der Waals surface area contributed by atoms with Gasteiger partial charge in [-0.3, -0.25) is 0 Å². The van der Waals surface area contributed by atoms with Crippen LogP contribution < -0.4 is 4.90 Å². The smallest absolute Gasteiger partial charge is 0.136 e. The molecule has 1 aromatic heterocycles. The predicted molar refractivity (Wildman–Crippen MR) is 253 cm³/mol. The molecule has 0 amide bonds. The van der Waals surface area contributed by atoms with E-state index in [1.54, 1.807) is 0 Å². The number of nitrogens with zero attached hydrogens (tertiary/aromatic N) is 1. The fraction of sp³-hybridized carbons (Fsp3) is 0. The quantitative estimate of drug-likeness (QED) is 0.153. The molecule has 0 N–H and O–H groups in total. The number of benzene rings is 10. The maximum Gasteiger partial charge on any atom is 0.136 e. The molecule has 11 rings (SSSR count). The number of rotatable bonds is 8. The van der Waals surface area contributed by atoms with Gasteiger partial charge in [-0.2, -0.15) is 0 Å². The summed E-state index contributed by atoms with van der Waals surface area (Å²) in [5, 5.41) is 4.78. The zero-order valence-corrected chi connectivity index (χ0v) is 32.9. The van der Waals surface area contributed by atoms with Gasteiger partial charge in [0.1, 0.15) is 11.2 Å². The van der Waals surface area contributed by atoms with E-state index in [4.69, 9.17) is 4.42 Å². The maximum atomic E-state index is 6.29. The van der Waals surface area contributed by atoms with Gasteiger partial charge in [0.25, 0.3) is 0 Å². The van der Waals surface area contributed by atoms with E-state index >= 15 is 0 Å². The largest absolute Gasteiger partial charge is 0.456 e. The van der Waals surface area contributed by atoms with Crippen LogP contribution >= 0.6 is 0 Å². The van der Waals surface area contributed by atoms with Gasteiger partial charge in [-0.1, -0.05) is 188 Å². The highest BCUT2D eigenvalue weighted by molar-refractivity contribution is 6.12. The highest BCUT2D eigenvalue weighted by Gasteiger charge is 2.17. The van der Waals surface area contributed by atoms with E-state index < -0.39 is 0 Å². The van der Waals surface area contributed by atoms with E-state index in [1.807, 2.05) is 12.1 Å². The van der Waals surface area contributed by atoms with Crippen molar-refractivity contribution in [2.45, 2.75) is 0 Å². The fourth-order valence-corrected chi connectivity index (χ4v) is 8.69. The lowest BCUT2D eigenvalue weighted by atomic mass is 9.96. The van der Waals surface area contributed by atoms with Crippen LogP contribution in [0.4, 0.5) is 17.1 Å². The summed E-state index contributed by atoms with van der Waals surface area (Å²) in [7, 11) is 0. The molecule has 0 aliphatic heterocycles. The summed E-state index contributed by atoms with van der Waals surface area (Å²) in [4.78, 5) is 2.35. The Bertz CT molecular complexity index is 3270. The summed E-state index contributed by atoms with van der Waals surface area (Å²) >= 11 is 0.